The molecule has 1 aromatic rings. The molecule has 0 saturated carbocycles. The van der Waals surface area contributed by atoms with Crippen LogP contribution in [0.25, 0.3) is 0 Å². The highest BCUT2D eigenvalue weighted by Crippen LogP contribution is 2.26. The molecule has 82 valence electrons. The number of hydrogen-bond donors (Lipinski definition) is 1. The van der Waals surface area contributed by atoms with Gasteiger partial charge < -0.3 is 4.74 Å². The van der Waals surface area contributed by atoms with Crippen molar-refractivity contribution in [3.8, 4) is 5.75 Å². The van der Waals surface area contributed by atoms with Crippen LogP contribution < -0.4 is 10.2 Å². The van der Waals surface area contributed by atoms with E-state index in [-0.39, 0.29) is 12.5 Å². The minimum Gasteiger partial charge on any atom is -0.484 e. The first-order valence-corrected chi connectivity index (χ1v) is 4.78. The van der Waals surface area contributed by atoms with Crippen LogP contribution in [-0.2, 0) is 9.63 Å². The fourth-order valence-electron chi connectivity index (χ4n) is 0.859. The molecule has 0 fully saturated rings. The average Bonchev–Trinajstić information content (AvgIpc) is 2.20. The molecule has 0 bridgehead atoms. The van der Waals surface area contributed by atoms with E-state index in [0.29, 0.717) is 15.8 Å². The largest absolute Gasteiger partial charge is 0.484 e. The Hall–Kier alpha value is -0.970. The molecule has 1 N–H and O–H groups in total. The predicted molar refractivity (Wildman–Crippen MR) is 57.1 cm³/mol. The van der Waals surface area contributed by atoms with Crippen LogP contribution in [0.3, 0.4) is 0 Å². The van der Waals surface area contributed by atoms with Gasteiger partial charge in [0.2, 0.25) is 0 Å². The minimum atomic E-state index is -0.386. The van der Waals surface area contributed by atoms with E-state index < -0.39 is 0 Å². The molecule has 0 saturated heterocycles. The zero-order valence-corrected chi connectivity index (χ0v) is 9.43. The third-order valence-electron chi connectivity index (χ3n) is 1.48. The Morgan fingerprint density at radius 1 is 1.40 bits per heavy atom. The normalized spacial score (nSPS) is 9.80. The second kappa shape index (κ2) is 5.80. The third kappa shape index (κ3) is 3.95. The number of halogens is 2. The molecule has 0 radical (unpaired) electrons. The van der Waals surface area contributed by atoms with Crippen molar-refractivity contribution in [2.24, 2.45) is 0 Å². The van der Waals surface area contributed by atoms with Gasteiger partial charge in [-0.2, -0.15) is 0 Å². The van der Waals surface area contributed by atoms with Crippen LogP contribution in [0.2, 0.25) is 10.0 Å². The Bertz CT molecular complexity index is 357. The Balaban J connectivity index is 2.51. The van der Waals surface area contributed by atoms with Crippen molar-refractivity contribution in [2.45, 2.75) is 0 Å². The lowest BCUT2D eigenvalue weighted by atomic mass is 10.3. The number of hydrogen-bond acceptors (Lipinski definition) is 3. The van der Waals surface area contributed by atoms with E-state index in [1.54, 1.807) is 12.1 Å². The number of hydroxylamine groups is 1. The molecule has 4 nitrogen and oxygen atoms in total. The molecular formula is C9H9Cl2NO3. The number of amides is 1. The van der Waals surface area contributed by atoms with Gasteiger partial charge in [0.15, 0.2) is 6.61 Å². The number of rotatable bonds is 4. The molecule has 0 heterocycles. The van der Waals surface area contributed by atoms with E-state index >= 15 is 0 Å². The fourth-order valence-corrected chi connectivity index (χ4v) is 1.15. The number of carbonyl (C=O) groups excluding carboxylic acids is 1. The lowest BCUT2D eigenvalue weighted by Crippen LogP contribution is -2.27. The highest BCUT2D eigenvalue weighted by molar-refractivity contribution is 6.42. The van der Waals surface area contributed by atoms with Crippen LogP contribution in [-0.4, -0.2) is 19.6 Å². The molecule has 1 aromatic carbocycles. The van der Waals surface area contributed by atoms with Crippen LogP contribution in [0.15, 0.2) is 18.2 Å². The van der Waals surface area contributed by atoms with Crippen molar-refractivity contribution in [1.29, 1.82) is 0 Å². The maximum atomic E-state index is 10.9. The first-order chi connectivity index (χ1) is 7.13. The topological polar surface area (TPSA) is 47.6 Å². The maximum absolute atomic E-state index is 10.9. The first kappa shape index (κ1) is 12.1. The second-order valence-electron chi connectivity index (χ2n) is 2.59. The highest BCUT2D eigenvalue weighted by Gasteiger charge is 2.03. The van der Waals surface area contributed by atoms with Crippen molar-refractivity contribution in [3.05, 3.63) is 28.2 Å². The molecule has 0 aromatic heterocycles. The summed E-state index contributed by atoms with van der Waals surface area (Å²) in [5.74, 6) is 0.0826. The van der Waals surface area contributed by atoms with Crippen LogP contribution in [0, 0.1) is 0 Å². The predicted octanol–water partition coefficient (Wildman–Crippen LogP) is 2.05. The lowest BCUT2D eigenvalue weighted by molar-refractivity contribution is -0.133. The third-order valence-corrected chi connectivity index (χ3v) is 2.22. The Labute approximate surface area is 97.0 Å². The molecule has 1 rings (SSSR count). The van der Waals surface area contributed by atoms with E-state index in [4.69, 9.17) is 27.9 Å². The van der Waals surface area contributed by atoms with E-state index in [0.717, 1.165) is 0 Å². The average molecular weight is 250 g/mol. The van der Waals surface area contributed by atoms with Gasteiger partial charge in [0.25, 0.3) is 5.91 Å². The Morgan fingerprint density at radius 2 is 2.13 bits per heavy atom. The van der Waals surface area contributed by atoms with Gasteiger partial charge in [-0.1, -0.05) is 23.2 Å². The molecule has 0 atom stereocenters. The summed E-state index contributed by atoms with van der Waals surface area (Å²) in [7, 11) is 1.34. The number of nitrogens with one attached hydrogen (secondary N) is 1. The van der Waals surface area contributed by atoms with Gasteiger partial charge in [0.05, 0.1) is 17.2 Å². The molecule has 0 aliphatic carbocycles. The van der Waals surface area contributed by atoms with Gasteiger partial charge in [0, 0.05) is 6.07 Å². The van der Waals surface area contributed by atoms with Crippen molar-refractivity contribution in [3.63, 3.8) is 0 Å². The van der Waals surface area contributed by atoms with Gasteiger partial charge in [-0.15, -0.1) is 0 Å². The standard InChI is InChI=1S/C9H9Cl2NO3/c1-14-12-9(13)5-15-6-2-3-7(10)8(11)4-6/h2-4H,5H2,1H3,(H,12,13). The second-order valence-corrected chi connectivity index (χ2v) is 3.41. The van der Waals surface area contributed by atoms with Gasteiger partial charge in [-0.3, -0.25) is 9.63 Å². The van der Waals surface area contributed by atoms with Crippen LogP contribution in [0.4, 0.5) is 0 Å². The van der Waals surface area contributed by atoms with Crippen LogP contribution >= 0.6 is 23.2 Å². The quantitative estimate of drug-likeness (QED) is 0.832. The zero-order chi connectivity index (χ0) is 11.3. The molecule has 6 heteroatoms. The zero-order valence-electron chi connectivity index (χ0n) is 7.92. The van der Waals surface area contributed by atoms with Gasteiger partial charge in [-0.05, 0) is 12.1 Å². The number of benzene rings is 1. The summed E-state index contributed by atoms with van der Waals surface area (Å²) in [6, 6.07) is 4.74. The summed E-state index contributed by atoms with van der Waals surface area (Å²) in [5.41, 5.74) is 2.12. The minimum absolute atomic E-state index is 0.147. The summed E-state index contributed by atoms with van der Waals surface area (Å²) >= 11 is 11.5. The van der Waals surface area contributed by atoms with Gasteiger partial charge in [0.1, 0.15) is 5.75 Å². The molecular weight excluding hydrogens is 241 g/mol. The van der Waals surface area contributed by atoms with Crippen LogP contribution in [0.5, 0.6) is 5.75 Å². The lowest BCUT2D eigenvalue weighted by Gasteiger charge is -2.06. The number of carbonyl (C=O) groups is 1. The van der Waals surface area contributed by atoms with Crippen molar-refractivity contribution in [1.82, 2.24) is 5.48 Å². The van der Waals surface area contributed by atoms with Crippen LogP contribution in [0.1, 0.15) is 0 Å². The smallest absolute Gasteiger partial charge is 0.281 e. The molecule has 0 aliphatic heterocycles. The van der Waals surface area contributed by atoms with Gasteiger partial charge in [-0.25, -0.2) is 5.48 Å². The number of ether oxygens (including phenoxy) is 1. The molecule has 0 unspecified atom stereocenters. The fraction of sp³-hybridized carbons (Fsp3) is 0.222. The van der Waals surface area contributed by atoms with Gasteiger partial charge >= 0.3 is 0 Å². The van der Waals surface area contributed by atoms with E-state index in [2.05, 4.69) is 10.3 Å². The summed E-state index contributed by atoms with van der Waals surface area (Å²) in [6.45, 7) is -0.147. The highest BCUT2D eigenvalue weighted by atomic mass is 35.5. The summed E-state index contributed by atoms with van der Waals surface area (Å²) < 4.78 is 5.12. The van der Waals surface area contributed by atoms with Crippen molar-refractivity contribution >= 4 is 29.1 Å². The maximum Gasteiger partial charge on any atom is 0.281 e. The Morgan fingerprint density at radius 3 is 2.73 bits per heavy atom. The van der Waals surface area contributed by atoms with Crippen molar-refractivity contribution in [2.75, 3.05) is 13.7 Å². The summed E-state index contributed by atoms with van der Waals surface area (Å²) in [5, 5.41) is 0.812. The summed E-state index contributed by atoms with van der Waals surface area (Å²) in [4.78, 5) is 15.4. The van der Waals surface area contributed by atoms with E-state index in [9.17, 15) is 4.79 Å². The monoisotopic (exact) mass is 249 g/mol. The summed E-state index contributed by atoms with van der Waals surface area (Å²) in [6.07, 6.45) is 0. The molecule has 15 heavy (non-hydrogen) atoms. The first-order valence-electron chi connectivity index (χ1n) is 4.03. The molecule has 0 spiro atoms. The van der Waals surface area contributed by atoms with E-state index in [1.807, 2.05) is 0 Å². The molecule has 1 amide bonds. The van der Waals surface area contributed by atoms with Crippen molar-refractivity contribution < 1.29 is 14.4 Å². The SMILES string of the molecule is CONC(=O)COc1ccc(Cl)c(Cl)c1. The van der Waals surface area contributed by atoms with E-state index in [1.165, 1.54) is 13.2 Å². The Kier molecular flexibility index (Phi) is 4.68. The molecule has 0 aliphatic rings.